The van der Waals surface area contributed by atoms with Crippen LogP contribution >= 0.6 is 0 Å². The second-order valence-corrected chi connectivity index (χ2v) is 5.99. The van der Waals surface area contributed by atoms with Gasteiger partial charge >= 0.3 is 0 Å². The molecule has 0 radical (unpaired) electrons. The van der Waals surface area contributed by atoms with Gasteiger partial charge in [0.15, 0.2) is 0 Å². The van der Waals surface area contributed by atoms with E-state index in [-0.39, 0.29) is 5.92 Å². The van der Waals surface area contributed by atoms with Crippen LogP contribution in [0, 0.1) is 11.8 Å². The molecule has 1 heterocycles. The molecular formula is C15H22N2O. The van der Waals surface area contributed by atoms with E-state index in [0.29, 0.717) is 24.2 Å². The lowest BCUT2D eigenvalue weighted by atomic mass is 9.98. The molecule has 1 atom stereocenters. The van der Waals surface area contributed by atoms with E-state index in [4.69, 9.17) is 0 Å². The van der Waals surface area contributed by atoms with Gasteiger partial charge in [-0.1, -0.05) is 19.8 Å². The number of hydrogen-bond acceptors (Lipinski definition) is 2. The highest BCUT2D eigenvalue weighted by molar-refractivity contribution is 5.83. The molecule has 2 saturated carbocycles. The molecule has 3 rings (SSSR count). The third kappa shape index (κ3) is 2.50. The van der Waals surface area contributed by atoms with E-state index in [2.05, 4.69) is 22.9 Å². The number of carbonyl (C=O) groups excluding carboxylic acids is 1. The number of nitrogens with zero attached hydrogens (tertiary/aromatic N) is 2. The Bertz CT molecular complexity index is 427. The van der Waals surface area contributed by atoms with E-state index >= 15 is 0 Å². The van der Waals surface area contributed by atoms with Gasteiger partial charge in [0.1, 0.15) is 5.78 Å². The predicted octanol–water partition coefficient (Wildman–Crippen LogP) is 3.16. The van der Waals surface area contributed by atoms with Crippen LogP contribution in [-0.2, 0) is 11.2 Å². The molecule has 0 amide bonds. The van der Waals surface area contributed by atoms with E-state index in [9.17, 15) is 4.79 Å². The Morgan fingerprint density at radius 2 is 2.11 bits per heavy atom. The lowest BCUT2D eigenvalue weighted by Gasteiger charge is -2.09. The van der Waals surface area contributed by atoms with Gasteiger partial charge in [-0.05, 0) is 37.7 Å². The standard InChI is InChI=1S/C15H22N2O/c1-11(12-6-7-12)15(18)10-13-8-9-17(16-13)14-4-2-3-5-14/h8-9,11-12,14H,2-7,10H2,1H3. The van der Waals surface area contributed by atoms with Gasteiger partial charge in [-0.25, -0.2) is 0 Å². The van der Waals surface area contributed by atoms with Crippen LogP contribution in [-0.4, -0.2) is 15.6 Å². The van der Waals surface area contributed by atoms with E-state index < -0.39 is 0 Å². The fourth-order valence-electron chi connectivity index (χ4n) is 3.04. The molecule has 0 bridgehead atoms. The second-order valence-electron chi connectivity index (χ2n) is 5.99. The van der Waals surface area contributed by atoms with Gasteiger partial charge in [-0.2, -0.15) is 5.10 Å². The van der Waals surface area contributed by atoms with E-state index in [1.54, 1.807) is 0 Å². The highest BCUT2D eigenvalue weighted by Gasteiger charge is 2.32. The SMILES string of the molecule is CC(C(=O)Cc1ccn(C2CCCC2)n1)C1CC1. The molecule has 98 valence electrons. The molecule has 0 N–H and O–H groups in total. The van der Waals surface area contributed by atoms with Crippen molar-refractivity contribution < 1.29 is 4.79 Å². The first kappa shape index (κ1) is 11.9. The van der Waals surface area contributed by atoms with Crippen molar-refractivity contribution in [3.63, 3.8) is 0 Å². The number of aromatic nitrogens is 2. The lowest BCUT2D eigenvalue weighted by Crippen LogP contribution is -2.16. The van der Waals surface area contributed by atoms with Gasteiger partial charge in [0, 0.05) is 12.1 Å². The van der Waals surface area contributed by atoms with Crippen LogP contribution in [0.5, 0.6) is 0 Å². The minimum atomic E-state index is 0.238. The summed E-state index contributed by atoms with van der Waals surface area (Å²) in [4.78, 5) is 12.1. The Kier molecular flexibility index (Phi) is 3.23. The number of ketones is 1. The highest BCUT2D eigenvalue weighted by Crippen LogP contribution is 2.37. The number of carbonyl (C=O) groups is 1. The van der Waals surface area contributed by atoms with E-state index in [1.807, 2.05) is 6.07 Å². The maximum absolute atomic E-state index is 12.1. The first-order valence-electron chi connectivity index (χ1n) is 7.31. The van der Waals surface area contributed by atoms with Crippen LogP contribution in [0.2, 0.25) is 0 Å². The van der Waals surface area contributed by atoms with Crippen molar-refractivity contribution in [1.82, 2.24) is 9.78 Å². The van der Waals surface area contributed by atoms with Crippen LogP contribution < -0.4 is 0 Å². The Balaban J connectivity index is 1.60. The molecule has 3 nitrogen and oxygen atoms in total. The third-order valence-corrected chi connectivity index (χ3v) is 4.55. The molecule has 2 aliphatic carbocycles. The second kappa shape index (κ2) is 4.87. The van der Waals surface area contributed by atoms with Gasteiger partial charge in [0.05, 0.1) is 18.2 Å². The van der Waals surface area contributed by atoms with E-state index in [1.165, 1.54) is 38.5 Å². The third-order valence-electron chi connectivity index (χ3n) is 4.55. The average molecular weight is 246 g/mol. The molecule has 0 aromatic carbocycles. The zero-order chi connectivity index (χ0) is 12.5. The topological polar surface area (TPSA) is 34.9 Å². The zero-order valence-electron chi connectivity index (χ0n) is 11.1. The summed E-state index contributed by atoms with van der Waals surface area (Å²) in [7, 11) is 0. The Morgan fingerprint density at radius 1 is 1.39 bits per heavy atom. The minimum absolute atomic E-state index is 0.238. The highest BCUT2D eigenvalue weighted by atomic mass is 16.1. The number of hydrogen-bond donors (Lipinski definition) is 0. The zero-order valence-corrected chi connectivity index (χ0v) is 11.1. The van der Waals surface area contributed by atoms with Gasteiger partial charge in [-0.15, -0.1) is 0 Å². The first-order valence-corrected chi connectivity index (χ1v) is 7.31. The number of Topliss-reactive ketones (excluding diaryl/α,β-unsaturated/α-hetero) is 1. The fourth-order valence-corrected chi connectivity index (χ4v) is 3.04. The quantitative estimate of drug-likeness (QED) is 0.800. The molecule has 0 spiro atoms. The van der Waals surface area contributed by atoms with Crippen molar-refractivity contribution in [3.05, 3.63) is 18.0 Å². The summed E-state index contributed by atoms with van der Waals surface area (Å²) in [6, 6.07) is 2.60. The van der Waals surface area contributed by atoms with Gasteiger partial charge in [0.25, 0.3) is 0 Å². The average Bonchev–Trinajstić information content (AvgIpc) is 2.89. The normalized spacial score (nSPS) is 22.3. The smallest absolute Gasteiger partial charge is 0.141 e. The molecule has 3 heteroatoms. The molecule has 1 aromatic heterocycles. The van der Waals surface area contributed by atoms with Crippen molar-refractivity contribution in [2.75, 3.05) is 0 Å². The Labute approximate surface area is 109 Å². The molecule has 1 aromatic rings. The van der Waals surface area contributed by atoms with Crippen molar-refractivity contribution in [1.29, 1.82) is 0 Å². The minimum Gasteiger partial charge on any atom is -0.299 e. The monoisotopic (exact) mass is 246 g/mol. The van der Waals surface area contributed by atoms with Crippen molar-refractivity contribution in [3.8, 4) is 0 Å². The summed E-state index contributed by atoms with van der Waals surface area (Å²) in [5.41, 5.74) is 0.958. The summed E-state index contributed by atoms with van der Waals surface area (Å²) in [5, 5.41) is 4.59. The molecule has 2 aliphatic rings. The van der Waals surface area contributed by atoms with Crippen LogP contribution in [0.1, 0.15) is 57.2 Å². The van der Waals surface area contributed by atoms with Crippen LogP contribution in [0.15, 0.2) is 12.3 Å². The van der Waals surface area contributed by atoms with Crippen LogP contribution in [0.4, 0.5) is 0 Å². The Hall–Kier alpha value is -1.12. The molecule has 0 aliphatic heterocycles. The van der Waals surface area contributed by atoms with Gasteiger partial charge < -0.3 is 0 Å². The summed E-state index contributed by atoms with van der Waals surface area (Å²) in [5.74, 6) is 1.27. The lowest BCUT2D eigenvalue weighted by molar-refractivity contribution is -0.122. The molecule has 0 saturated heterocycles. The van der Waals surface area contributed by atoms with Gasteiger partial charge in [0.2, 0.25) is 0 Å². The summed E-state index contributed by atoms with van der Waals surface area (Å²) in [6.45, 7) is 2.08. The predicted molar refractivity (Wildman–Crippen MR) is 70.3 cm³/mol. The molecule has 1 unspecified atom stereocenters. The maximum atomic E-state index is 12.1. The fraction of sp³-hybridized carbons (Fsp3) is 0.733. The summed E-state index contributed by atoms with van der Waals surface area (Å²) >= 11 is 0. The van der Waals surface area contributed by atoms with Crippen molar-refractivity contribution in [2.24, 2.45) is 11.8 Å². The maximum Gasteiger partial charge on any atom is 0.141 e. The van der Waals surface area contributed by atoms with Gasteiger partial charge in [-0.3, -0.25) is 9.48 Å². The van der Waals surface area contributed by atoms with E-state index in [0.717, 1.165) is 5.69 Å². The van der Waals surface area contributed by atoms with Crippen LogP contribution in [0.25, 0.3) is 0 Å². The van der Waals surface area contributed by atoms with Crippen LogP contribution in [0.3, 0.4) is 0 Å². The number of rotatable bonds is 5. The Morgan fingerprint density at radius 3 is 2.78 bits per heavy atom. The van der Waals surface area contributed by atoms with Crippen molar-refractivity contribution in [2.45, 2.75) is 57.9 Å². The molecule has 2 fully saturated rings. The molecular weight excluding hydrogens is 224 g/mol. The summed E-state index contributed by atoms with van der Waals surface area (Å²) < 4.78 is 2.08. The largest absolute Gasteiger partial charge is 0.299 e. The summed E-state index contributed by atoms with van der Waals surface area (Å²) in [6.07, 6.45) is 10.2. The van der Waals surface area contributed by atoms with Crippen molar-refractivity contribution >= 4 is 5.78 Å². The molecule has 18 heavy (non-hydrogen) atoms. The first-order chi connectivity index (χ1) is 8.74.